The standard InChI is InChI=1S/C49H60N2O10/c1-25-4-14-36(40-38(25)46-20-21-50(23-28-5-6-28)26(2)48(46,56)18-16-34(52)42(46)60-40)58-44(54)30-9-11-31(12-10-30)45(55)59-37-15-13-32-33-22-47-39(32)41(37)61-43(47)35(53)17-19-49(47,57)27(3)51(33)24-29-7-8-29/h4,13-15,26-31,33,35,42-43,53,56-57H,5-12,16-24H2,1-3H3/t26?,27?,30?,31?,33?,35?,42-,43-,46-,47-,48+,49+/m0/s1. The molecule has 5 saturated carbocycles. The van der Waals surface area contributed by atoms with Crippen molar-refractivity contribution < 1.29 is 48.7 Å². The second-order valence-electron chi connectivity index (χ2n) is 21.1. The van der Waals surface area contributed by atoms with Gasteiger partial charge in [0.2, 0.25) is 0 Å². The summed E-state index contributed by atoms with van der Waals surface area (Å²) in [6.45, 7) is 8.89. The summed E-state index contributed by atoms with van der Waals surface area (Å²) >= 11 is 0. The lowest BCUT2D eigenvalue weighted by Crippen LogP contribution is -2.74. The molecule has 2 saturated heterocycles. The number of rotatable bonds is 8. The van der Waals surface area contributed by atoms with Crippen LogP contribution < -0.4 is 18.9 Å². The maximum atomic E-state index is 13.9. The van der Waals surface area contributed by atoms with Crippen LogP contribution in [0.1, 0.15) is 132 Å². The van der Waals surface area contributed by atoms with Crippen LogP contribution in [0.25, 0.3) is 0 Å². The number of hydrogen-bond donors (Lipinski definition) is 3. The van der Waals surface area contributed by atoms with Crippen molar-refractivity contribution in [3.63, 3.8) is 0 Å². The summed E-state index contributed by atoms with van der Waals surface area (Å²) in [5.74, 6) is 1.18. The molecule has 0 radical (unpaired) electrons. The number of ether oxygens (including phenoxy) is 4. The number of ketones is 1. The minimum absolute atomic E-state index is 0.0178. The first-order chi connectivity index (χ1) is 29.3. The lowest BCUT2D eigenvalue weighted by atomic mass is 9.52. The van der Waals surface area contributed by atoms with Gasteiger partial charge in [0.15, 0.2) is 34.9 Å². The van der Waals surface area contributed by atoms with Crippen molar-refractivity contribution in [2.24, 2.45) is 23.7 Å². The molecule has 2 bridgehead atoms. The van der Waals surface area contributed by atoms with Crippen molar-refractivity contribution in [2.75, 3.05) is 19.6 Å². The van der Waals surface area contributed by atoms with Gasteiger partial charge in [-0.25, -0.2) is 0 Å². The van der Waals surface area contributed by atoms with Crippen molar-refractivity contribution in [1.29, 1.82) is 0 Å². The Morgan fingerprint density at radius 1 is 0.754 bits per heavy atom. The van der Waals surface area contributed by atoms with E-state index in [2.05, 4.69) is 23.6 Å². The van der Waals surface area contributed by atoms with Crippen LogP contribution in [0.15, 0.2) is 24.3 Å². The molecule has 2 aromatic carbocycles. The smallest absolute Gasteiger partial charge is 0.314 e. The number of fused-ring (bicyclic) bond motifs is 3. The Bertz CT molecular complexity index is 2230. The molecule has 4 aliphatic heterocycles. The van der Waals surface area contributed by atoms with Crippen molar-refractivity contribution in [3.8, 4) is 23.0 Å². The van der Waals surface area contributed by atoms with Crippen LogP contribution in [0.5, 0.6) is 23.0 Å². The number of nitrogens with zero attached hydrogens (tertiary/aromatic N) is 2. The molecule has 61 heavy (non-hydrogen) atoms. The van der Waals surface area contributed by atoms with Crippen molar-refractivity contribution >= 4 is 17.7 Å². The van der Waals surface area contributed by atoms with E-state index in [4.69, 9.17) is 18.9 Å². The number of esters is 2. The van der Waals surface area contributed by atoms with Gasteiger partial charge >= 0.3 is 11.9 Å². The molecule has 0 aromatic heterocycles. The summed E-state index contributed by atoms with van der Waals surface area (Å²) in [6.07, 6.45) is 7.32. The molecule has 2 aromatic rings. The summed E-state index contributed by atoms with van der Waals surface area (Å²) in [4.78, 5) is 46.4. The molecule has 12 rings (SSSR count). The number of likely N-dealkylation sites (tertiary alicyclic amines) is 2. The molecule has 12 nitrogen and oxygen atoms in total. The Labute approximate surface area is 357 Å². The highest BCUT2D eigenvalue weighted by Gasteiger charge is 2.75. The van der Waals surface area contributed by atoms with Crippen LogP contribution in [0.3, 0.4) is 0 Å². The van der Waals surface area contributed by atoms with Gasteiger partial charge in [-0.05, 0) is 146 Å². The molecular formula is C49H60N2O10. The van der Waals surface area contributed by atoms with Crippen LogP contribution in [0, 0.1) is 30.6 Å². The van der Waals surface area contributed by atoms with E-state index in [0.717, 1.165) is 41.9 Å². The fraction of sp³-hybridized carbons (Fsp3) is 0.694. The zero-order chi connectivity index (χ0) is 42.0. The molecule has 6 aliphatic carbocycles. The molecule has 4 unspecified atom stereocenters. The van der Waals surface area contributed by atoms with E-state index in [1.54, 1.807) is 6.07 Å². The van der Waals surface area contributed by atoms with Gasteiger partial charge in [-0.3, -0.25) is 24.2 Å². The predicted molar refractivity (Wildman–Crippen MR) is 221 cm³/mol. The lowest BCUT2D eigenvalue weighted by Gasteiger charge is -2.59. The van der Waals surface area contributed by atoms with Gasteiger partial charge in [0, 0.05) is 48.8 Å². The Morgan fingerprint density at radius 3 is 2.05 bits per heavy atom. The number of piperidine rings is 2. The Morgan fingerprint density at radius 2 is 1.38 bits per heavy atom. The summed E-state index contributed by atoms with van der Waals surface area (Å²) in [6, 6.07) is 7.39. The van der Waals surface area contributed by atoms with Gasteiger partial charge in [-0.1, -0.05) is 12.1 Å². The van der Waals surface area contributed by atoms with E-state index in [1.807, 2.05) is 25.1 Å². The Kier molecular flexibility index (Phi) is 8.49. The molecule has 3 N–H and O–H groups in total. The van der Waals surface area contributed by atoms with E-state index in [0.29, 0.717) is 86.9 Å². The van der Waals surface area contributed by atoms with Crippen LogP contribution in [0.2, 0.25) is 0 Å². The summed E-state index contributed by atoms with van der Waals surface area (Å²) in [5, 5.41) is 36.7. The Balaban J connectivity index is 0.753. The third kappa shape index (κ3) is 5.20. The zero-order valence-corrected chi connectivity index (χ0v) is 35.7. The van der Waals surface area contributed by atoms with Gasteiger partial charge in [-0.15, -0.1) is 0 Å². The number of carbonyl (C=O) groups is 3. The number of carbonyl (C=O) groups excluding carboxylic acids is 3. The van der Waals surface area contributed by atoms with Gasteiger partial charge in [0.05, 0.1) is 40.0 Å². The maximum Gasteiger partial charge on any atom is 0.314 e. The first-order valence-electron chi connectivity index (χ1n) is 23.5. The Hall–Kier alpha value is -3.55. The number of aliphatic hydroxyl groups is 3. The van der Waals surface area contributed by atoms with E-state index in [9.17, 15) is 29.7 Å². The number of aryl methyl sites for hydroxylation is 1. The maximum absolute atomic E-state index is 13.9. The average molecular weight is 837 g/mol. The van der Waals surface area contributed by atoms with Crippen molar-refractivity contribution in [2.45, 2.75) is 169 Å². The van der Waals surface area contributed by atoms with Crippen molar-refractivity contribution in [3.05, 3.63) is 46.5 Å². The number of Topliss-reactive ketones (excluding diaryl/α,β-unsaturated/α-hetero) is 1. The largest absolute Gasteiger partial charge is 0.482 e. The fourth-order valence-electron chi connectivity index (χ4n) is 14.5. The van der Waals surface area contributed by atoms with E-state index >= 15 is 0 Å². The van der Waals surface area contributed by atoms with Gasteiger partial charge in [-0.2, -0.15) is 0 Å². The second-order valence-corrected chi connectivity index (χ2v) is 21.1. The molecule has 7 fully saturated rings. The lowest BCUT2D eigenvalue weighted by molar-refractivity contribution is -0.205. The number of benzene rings is 2. The number of aliphatic hydroxyl groups excluding tert-OH is 1. The minimum Gasteiger partial charge on any atom is -0.482 e. The second kappa shape index (κ2) is 13.3. The predicted octanol–water partition coefficient (Wildman–Crippen LogP) is 5.35. The molecule has 0 amide bonds. The SMILES string of the molecule is Cc1ccc(OC(=O)C2CCC(C(=O)Oc3ccc4c5c3O[C@H]3C(O)CC[C@@]6(O)C(C)N(CC7CC7)C4C[C@]536)CC2)c2c1[C@]13CCN(CC4CC4)C(C)[C@]1(O)CCC(=O)[C@@H]3O2. The third-order valence-electron chi connectivity index (χ3n) is 18.2. The van der Waals surface area contributed by atoms with Gasteiger partial charge in [0.25, 0.3) is 0 Å². The molecule has 4 heterocycles. The highest BCUT2D eigenvalue weighted by Crippen LogP contribution is 2.71. The summed E-state index contributed by atoms with van der Waals surface area (Å²) in [5.41, 5.74) is -0.192. The van der Waals surface area contributed by atoms with Crippen LogP contribution in [-0.4, -0.2) is 104 Å². The normalized spacial score (nSPS) is 41.8. The van der Waals surface area contributed by atoms with Gasteiger partial charge < -0.3 is 34.3 Å². The van der Waals surface area contributed by atoms with Crippen LogP contribution in [-0.2, 0) is 25.2 Å². The first kappa shape index (κ1) is 39.1. The molecule has 10 atom stereocenters. The van der Waals surface area contributed by atoms with Crippen LogP contribution >= 0.6 is 0 Å². The van der Waals surface area contributed by atoms with Gasteiger partial charge in [0.1, 0.15) is 6.10 Å². The average Bonchev–Trinajstić information content (AvgIpc) is 4.17. The molecule has 326 valence electrons. The minimum atomic E-state index is -1.17. The topological polar surface area (TPSA) is 155 Å². The number of hydrogen-bond acceptors (Lipinski definition) is 12. The summed E-state index contributed by atoms with van der Waals surface area (Å²) < 4.78 is 25.5. The monoisotopic (exact) mass is 836 g/mol. The highest BCUT2D eigenvalue weighted by atomic mass is 16.6. The fourth-order valence-corrected chi connectivity index (χ4v) is 14.5. The van der Waals surface area contributed by atoms with Crippen LogP contribution in [0.4, 0.5) is 0 Å². The van der Waals surface area contributed by atoms with E-state index in [1.165, 1.54) is 25.7 Å². The molecule has 10 aliphatic rings. The zero-order valence-electron chi connectivity index (χ0n) is 35.7. The molecule has 2 spiro atoms. The quantitative estimate of drug-likeness (QED) is 0.232. The van der Waals surface area contributed by atoms with E-state index < -0.39 is 58.1 Å². The highest BCUT2D eigenvalue weighted by molar-refractivity contribution is 5.90. The first-order valence-corrected chi connectivity index (χ1v) is 23.5. The van der Waals surface area contributed by atoms with Crippen molar-refractivity contribution in [1.82, 2.24) is 9.80 Å². The molecule has 12 heteroatoms. The molecular weight excluding hydrogens is 777 g/mol. The summed E-state index contributed by atoms with van der Waals surface area (Å²) in [7, 11) is 0. The van der Waals surface area contributed by atoms with E-state index in [-0.39, 0.29) is 42.0 Å². The third-order valence-corrected chi connectivity index (χ3v) is 18.2.